The molecule has 1 aromatic carbocycles. The number of carbonyl (C=O) groups excluding carboxylic acids is 1. The Morgan fingerprint density at radius 2 is 2.29 bits per heavy atom. The zero-order valence-electron chi connectivity index (χ0n) is 12.0. The van der Waals surface area contributed by atoms with Gasteiger partial charge >= 0.3 is 5.97 Å². The molecule has 0 saturated carbocycles. The van der Waals surface area contributed by atoms with Crippen molar-refractivity contribution in [1.29, 1.82) is 0 Å². The topological polar surface area (TPSA) is 75.6 Å². The van der Waals surface area contributed by atoms with Crippen LogP contribution in [-0.2, 0) is 16.0 Å². The van der Waals surface area contributed by atoms with Crippen LogP contribution in [-0.4, -0.2) is 29.6 Å². The molecular weight excluding hydrogens is 270 g/mol. The molecule has 0 aliphatic carbocycles. The van der Waals surface area contributed by atoms with Crippen molar-refractivity contribution in [3.8, 4) is 5.75 Å². The van der Waals surface area contributed by atoms with Crippen LogP contribution in [0.15, 0.2) is 24.3 Å². The predicted molar refractivity (Wildman–Crippen MR) is 79.1 cm³/mol. The average Bonchev–Trinajstić information content (AvgIpc) is 2.92. The van der Waals surface area contributed by atoms with Crippen molar-refractivity contribution >= 4 is 18.0 Å². The Labute approximate surface area is 123 Å². The summed E-state index contributed by atoms with van der Waals surface area (Å²) in [6.07, 6.45) is 5.04. The SMILES string of the molecule is CCC[C@H](NC(=O)/C=C/c1ccc2c(c1)CCO2)C(=O)O. The smallest absolute Gasteiger partial charge is 0.326 e. The molecule has 1 aliphatic rings. The minimum Gasteiger partial charge on any atom is -0.493 e. The highest BCUT2D eigenvalue weighted by atomic mass is 16.5. The molecular formula is C16H19NO4. The van der Waals surface area contributed by atoms with Crippen molar-refractivity contribution in [2.24, 2.45) is 0 Å². The molecule has 1 heterocycles. The second-order valence-electron chi connectivity index (χ2n) is 4.99. The van der Waals surface area contributed by atoms with E-state index in [9.17, 15) is 9.59 Å². The summed E-state index contributed by atoms with van der Waals surface area (Å²) >= 11 is 0. The quantitative estimate of drug-likeness (QED) is 0.785. The Bertz CT molecular complexity index is 565. The Kier molecular flexibility index (Phi) is 4.98. The minimum absolute atomic E-state index is 0.396. The second-order valence-corrected chi connectivity index (χ2v) is 4.99. The lowest BCUT2D eigenvalue weighted by Crippen LogP contribution is -2.39. The number of fused-ring (bicyclic) bond motifs is 1. The number of amides is 1. The Balaban J connectivity index is 1.97. The maximum Gasteiger partial charge on any atom is 0.326 e. The molecule has 1 atom stereocenters. The maximum absolute atomic E-state index is 11.8. The van der Waals surface area contributed by atoms with Gasteiger partial charge in [-0.1, -0.05) is 19.4 Å². The maximum atomic E-state index is 11.8. The molecule has 1 aliphatic heterocycles. The van der Waals surface area contributed by atoms with E-state index in [1.54, 1.807) is 6.08 Å². The van der Waals surface area contributed by atoms with Gasteiger partial charge in [-0.05, 0) is 35.8 Å². The van der Waals surface area contributed by atoms with Crippen LogP contribution in [0.2, 0.25) is 0 Å². The summed E-state index contributed by atoms with van der Waals surface area (Å²) in [6, 6.07) is 4.90. The van der Waals surface area contributed by atoms with Gasteiger partial charge in [0.15, 0.2) is 0 Å². The molecule has 112 valence electrons. The van der Waals surface area contributed by atoms with Crippen LogP contribution >= 0.6 is 0 Å². The van der Waals surface area contributed by atoms with Crippen molar-refractivity contribution in [3.05, 3.63) is 35.4 Å². The van der Waals surface area contributed by atoms with Crippen molar-refractivity contribution in [1.82, 2.24) is 5.32 Å². The highest BCUT2D eigenvalue weighted by Gasteiger charge is 2.17. The van der Waals surface area contributed by atoms with Crippen LogP contribution in [0.1, 0.15) is 30.9 Å². The molecule has 0 bridgehead atoms. The number of carboxylic acids is 1. The van der Waals surface area contributed by atoms with Crippen molar-refractivity contribution in [2.45, 2.75) is 32.2 Å². The van der Waals surface area contributed by atoms with Gasteiger partial charge in [0.05, 0.1) is 6.61 Å². The van der Waals surface area contributed by atoms with E-state index in [1.165, 1.54) is 6.08 Å². The van der Waals surface area contributed by atoms with E-state index >= 15 is 0 Å². The van der Waals surface area contributed by atoms with E-state index < -0.39 is 17.9 Å². The van der Waals surface area contributed by atoms with Gasteiger partial charge in [-0.3, -0.25) is 4.79 Å². The second kappa shape index (κ2) is 6.92. The van der Waals surface area contributed by atoms with E-state index in [1.807, 2.05) is 25.1 Å². The van der Waals surface area contributed by atoms with E-state index in [4.69, 9.17) is 9.84 Å². The lowest BCUT2D eigenvalue weighted by molar-refractivity contribution is -0.141. The molecule has 0 saturated heterocycles. The number of benzene rings is 1. The lowest BCUT2D eigenvalue weighted by atomic mass is 10.1. The predicted octanol–water partition coefficient (Wildman–Crippen LogP) is 2.00. The number of hydrogen-bond acceptors (Lipinski definition) is 3. The molecule has 1 amide bonds. The van der Waals surface area contributed by atoms with Gasteiger partial charge in [0.25, 0.3) is 0 Å². The van der Waals surface area contributed by atoms with Gasteiger partial charge in [-0.2, -0.15) is 0 Å². The number of hydrogen-bond donors (Lipinski definition) is 2. The van der Waals surface area contributed by atoms with Crippen LogP contribution in [0.4, 0.5) is 0 Å². The normalized spacial score (nSPS) is 14.5. The zero-order valence-corrected chi connectivity index (χ0v) is 12.0. The van der Waals surface area contributed by atoms with Gasteiger partial charge < -0.3 is 15.2 Å². The largest absolute Gasteiger partial charge is 0.493 e. The minimum atomic E-state index is -1.01. The average molecular weight is 289 g/mol. The fourth-order valence-electron chi connectivity index (χ4n) is 2.25. The highest BCUT2D eigenvalue weighted by molar-refractivity contribution is 5.94. The number of ether oxygens (including phenoxy) is 1. The molecule has 5 heteroatoms. The van der Waals surface area contributed by atoms with Crippen molar-refractivity contribution in [3.63, 3.8) is 0 Å². The molecule has 0 aromatic heterocycles. The van der Waals surface area contributed by atoms with E-state index in [0.717, 1.165) is 23.3 Å². The summed E-state index contributed by atoms with van der Waals surface area (Å²) in [5, 5.41) is 11.5. The fraction of sp³-hybridized carbons (Fsp3) is 0.375. The van der Waals surface area contributed by atoms with Gasteiger partial charge in [-0.15, -0.1) is 0 Å². The monoisotopic (exact) mass is 289 g/mol. The molecule has 0 radical (unpaired) electrons. The van der Waals surface area contributed by atoms with Crippen molar-refractivity contribution < 1.29 is 19.4 Å². The third kappa shape index (κ3) is 4.08. The molecule has 0 spiro atoms. The molecule has 21 heavy (non-hydrogen) atoms. The van der Waals surface area contributed by atoms with E-state index in [0.29, 0.717) is 19.4 Å². The number of rotatable bonds is 6. The number of carbonyl (C=O) groups is 2. The first-order valence-electron chi connectivity index (χ1n) is 7.07. The third-order valence-corrected chi connectivity index (χ3v) is 3.33. The first kappa shape index (κ1) is 15.1. The summed E-state index contributed by atoms with van der Waals surface area (Å²) in [6.45, 7) is 2.57. The van der Waals surface area contributed by atoms with Crippen molar-refractivity contribution in [2.75, 3.05) is 6.61 Å². The molecule has 2 rings (SSSR count). The van der Waals surface area contributed by atoms with Crippen LogP contribution in [0, 0.1) is 0 Å². The Morgan fingerprint density at radius 3 is 3.00 bits per heavy atom. The molecule has 1 aromatic rings. The van der Waals surface area contributed by atoms with Crippen LogP contribution in [0.5, 0.6) is 5.75 Å². The van der Waals surface area contributed by atoms with Crippen LogP contribution in [0.25, 0.3) is 6.08 Å². The number of nitrogens with one attached hydrogen (secondary N) is 1. The Hall–Kier alpha value is -2.30. The number of carboxylic acid groups (broad SMARTS) is 1. The Morgan fingerprint density at radius 1 is 1.48 bits per heavy atom. The van der Waals surface area contributed by atoms with Gasteiger partial charge in [0.2, 0.25) is 5.91 Å². The summed E-state index contributed by atoms with van der Waals surface area (Å²) in [4.78, 5) is 22.7. The van der Waals surface area contributed by atoms with Gasteiger partial charge in [0, 0.05) is 12.5 Å². The highest BCUT2D eigenvalue weighted by Crippen LogP contribution is 2.26. The molecule has 0 fully saturated rings. The first-order chi connectivity index (χ1) is 10.1. The molecule has 5 nitrogen and oxygen atoms in total. The fourth-order valence-corrected chi connectivity index (χ4v) is 2.25. The standard InChI is InChI=1S/C16H19NO4/c1-2-3-13(16(19)20)17-15(18)7-5-11-4-6-14-12(10-11)8-9-21-14/h4-7,10,13H,2-3,8-9H2,1H3,(H,17,18)(H,19,20)/b7-5+/t13-/m0/s1. The summed E-state index contributed by atoms with van der Waals surface area (Å²) in [5.74, 6) is -0.508. The van der Waals surface area contributed by atoms with E-state index in [2.05, 4.69) is 5.32 Å². The summed E-state index contributed by atoms with van der Waals surface area (Å²) in [7, 11) is 0. The van der Waals surface area contributed by atoms with Gasteiger partial charge in [-0.25, -0.2) is 4.79 Å². The third-order valence-electron chi connectivity index (χ3n) is 3.33. The van der Waals surface area contributed by atoms with Gasteiger partial charge in [0.1, 0.15) is 11.8 Å². The number of aliphatic carboxylic acids is 1. The molecule has 0 unspecified atom stereocenters. The summed E-state index contributed by atoms with van der Waals surface area (Å²) in [5.41, 5.74) is 2.03. The summed E-state index contributed by atoms with van der Waals surface area (Å²) < 4.78 is 5.42. The first-order valence-corrected chi connectivity index (χ1v) is 7.07. The molecule has 2 N–H and O–H groups in total. The van der Waals surface area contributed by atoms with E-state index in [-0.39, 0.29) is 0 Å². The lowest BCUT2D eigenvalue weighted by Gasteiger charge is -2.11. The van der Waals surface area contributed by atoms with Crippen LogP contribution in [0.3, 0.4) is 0 Å². The zero-order chi connectivity index (χ0) is 15.2. The van der Waals surface area contributed by atoms with Crippen LogP contribution < -0.4 is 10.1 Å².